The van der Waals surface area contributed by atoms with Crippen LogP contribution in [0.4, 0.5) is 0 Å². The Hall–Kier alpha value is -1.52. The smallest absolute Gasteiger partial charge is 0.0850 e. The van der Waals surface area contributed by atoms with Gasteiger partial charge in [0.2, 0.25) is 0 Å². The van der Waals surface area contributed by atoms with Crippen LogP contribution in [0.3, 0.4) is 0 Å². The summed E-state index contributed by atoms with van der Waals surface area (Å²) in [7, 11) is 0. The molecule has 2 atom stereocenters. The maximum absolute atomic E-state index is 9.99. The molecule has 1 rings (SSSR count). The number of rotatable bonds is 3. The van der Waals surface area contributed by atoms with Crippen molar-refractivity contribution in [3.63, 3.8) is 0 Å². The predicted molar refractivity (Wildman–Crippen MR) is 63.2 cm³/mol. The van der Waals surface area contributed by atoms with Gasteiger partial charge in [0, 0.05) is 5.92 Å². The minimum absolute atomic E-state index is 0.0771. The lowest BCUT2D eigenvalue weighted by Crippen LogP contribution is -2.06. The molecule has 0 saturated heterocycles. The maximum Gasteiger partial charge on any atom is 0.0850 e. The first-order chi connectivity index (χ1) is 7.25. The lowest BCUT2D eigenvalue weighted by atomic mass is 9.97. The summed E-state index contributed by atoms with van der Waals surface area (Å²) in [6.45, 7) is 3.77. The molecule has 0 aliphatic heterocycles. The number of aliphatic hydroxyl groups is 1. The molecule has 78 valence electrons. The first-order valence-corrected chi connectivity index (χ1v) is 5.07. The van der Waals surface area contributed by atoms with E-state index >= 15 is 0 Å². The molecule has 0 amide bonds. The Kier molecular flexibility index (Phi) is 4.66. The van der Waals surface area contributed by atoms with Gasteiger partial charge in [0.05, 0.1) is 6.10 Å². The van der Waals surface area contributed by atoms with E-state index in [1.54, 1.807) is 13.0 Å². The van der Waals surface area contributed by atoms with Gasteiger partial charge in [-0.1, -0.05) is 49.3 Å². The van der Waals surface area contributed by atoms with E-state index in [4.69, 9.17) is 0 Å². The minimum Gasteiger partial charge on any atom is -0.388 e. The average Bonchev–Trinajstić information content (AvgIpc) is 2.29. The minimum atomic E-state index is -0.457. The van der Waals surface area contributed by atoms with Crippen molar-refractivity contribution in [3.8, 4) is 11.8 Å². The molecule has 0 fully saturated rings. The van der Waals surface area contributed by atoms with Gasteiger partial charge in [-0.25, -0.2) is 0 Å². The van der Waals surface area contributed by atoms with Gasteiger partial charge in [0.15, 0.2) is 0 Å². The predicted octanol–water partition coefficient (Wildman–Crippen LogP) is 2.94. The molecule has 0 unspecified atom stereocenters. The van der Waals surface area contributed by atoms with E-state index in [1.165, 1.54) is 0 Å². The Bertz CT molecular complexity index is 367. The largest absolute Gasteiger partial charge is 0.388 e. The highest BCUT2D eigenvalue weighted by molar-refractivity contribution is 5.21. The molecule has 0 heterocycles. The zero-order chi connectivity index (χ0) is 11.1. The normalized spacial score (nSPS) is 14.3. The second-order valence-electron chi connectivity index (χ2n) is 3.47. The fraction of sp³-hybridized carbons (Fsp3) is 0.286. The molecule has 0 radical (unpaired) electrons. The molecule has 0 saturated carbocycles. The van der Waals surface area contributed by atoms with Crippen molar-refractivity contribution in [3.05, 3.63) is 48.0 Å². The maximum atomic E-state index is 9.99. The first-order valence-electron chi connectivity index (χ1n) is 5.07. The van der Waals surface area contributed by atoms with Crippen molar-refractivity contribution in [2.75, 3.05) is 0 Å². The molecule has 0 spiro atoms. The Morgan fingerprint density at radius 3 is 2.53 bits per heavy atom. The van der Waals surface area contributed by atoms with Crippen molar-refractivity contribution in [2.45, 2.75) is 20.0 Å². The van der Waals surface area contributed by atoms with Crippen LogP contribution in [-0.2, 0) is 0 Å². The van der Waals surface area contributed by atoms with Gasteiger partial charge >= 0.3 is 0 Å². The van der Waals surface area contributed by atoms with Crippen molar-refractivity contribution in [2.24, 2.45) is 5.92 Å². The molecular formula is C14H16O. The first kappa shape index (κ1) is 11.6. The molecular weight excluding hydrogens is 184 g/mol. The van der Waals surface area contributed by atoms with Gasteiger partial charge < -0.3 is 5.11 Å². The Morgan fingerprint density at radius 2 is 1.93 bits per heavy atom. The van der Waals surface area contributed by atoms with E-state index in [1.807, 2.05) is 43.3 Å². The van der Waals surface area contributed by atoms with Crippen LogP contribution in [0.5, 0.6) is 0 Å². The second kappa shape index (κ2) is 6.06. The topological polar surface area (TPSA) is 20.2 Å². The van der Waals surface area contributed by atoms with Crippen LogP contribution < -0.4 is 0 Å². The average molecular weight is 200 g/mol. The van der Waals surface area contributed by atoms with Gasteiger partial charge in [0.25, 0.3) is 0 Å². The molecule has 1 aromatic carbocycles. The van der Waals surface area contributed by atoms with Crippen LogP contribution in [0.15, 0.2) is 42.5 Å². The molecule has 1 aromatic rings. The summed E-state index contributed by atoms with van der Waals surface area (Å²) >= 11 is 0. The molecule has 0 aromatic heterocycles. The third-order valence-electron chi connectivity index (χ3n) is 2.27. The molecule has 0 aliphatic carbocycles. The van der Waals surface area contributed by atoms with Crippen LogP contribution in [0.2, 0.25) is 0 Å². The molecule has 0 bridgehead atoms. The summed E-state index contributed by atoms with van der Waals surface area (Å²) in [5.41, 5.74) is 0.944. The van der Waals surface area contributed by atoms with Crippen molar-refractivity contribution in [1.29, 1.82) is 0 Å². The van der Waals surface area contributed by atoms with Gasteiger partial charge in [0.1, 0.15) is 0 Å². The molecule has 1 nitrogen and oxygen atoms in total. The number of hydrogen-bond donors (Lipinski definition) is 1. The summed E-state index contributed by atoms with van der Waals surface area (Å²) in [4.78, 5) is 0. The number of allylic oxidation sites excluding steroid dienone is 1. The zero-order valence-corrected chi connectivity index (χ0v) is 9.14. The summed E-state index contributed by atoms with van der Waals surface area (Å²) in [6, 6.07) is 9.67. The van der Waals surface area contributed by atoms with Crippen LogP contribution in [-0.4, -0.2) is 5.11 Å². The van der Waals surface area contributed by atoms with Crippen molar-refractivity contribution < 1.29 is 5.11 Å². The zero-order valence-electron chi connectivity index (χ0n) is 9.14. The van der Waals surface area contributed by atoms with E-state index in [9.17, 15) is 5.11 Å². The van der Waals surface area contributed by atoms with E-state index in [2.05, 4.69) is 11.8 Å². The van der Waals surface area contributed by atoms with Gasteiger partial charge in [-0.3, -0.25) is 0 Å². The highest BCUT2D eigenvalue weighted by atomic mass is 16.3. The highest BCUT2D eigenvalue weighted by Crippen LogP contribution is 2.21. The monoisotopic (exact) mass is 200 g/mol. The van der Waals surface area contributed by atoms with E-state index in [-0.39, 0.29) is 5.92 Å². The van der Waals surface area contributed by atoms with Crippen molar-refractivity contribution in [1.82, 2.24) is 0 Å². The SMILES string of the molecule is CC#C/C=C/[C@@H](C)[C@H](O)c1ccccc1. The molecule has 1 heteroatoms. The molecule has 15 heavy (non-hydrogen) atoms. The summed E-state index contributed by atoms with van der Waals surface area (Å²) < 4.78 is 0. The third kappa shape index (κ3) is 3.61. The number of hydrogen-bond acceptors (Lipinski definition) is 1. The summed E-state index contributed by atoms with van der Waals surface area (Å²) in [5.74, 6) is 5.70. The van der Waals surface area contributed by atoms with Gasteiger partial charge in [-0.15, -0.1) is 5.92 Å². The van der Waals surface area contributed by atoms with E-state index < -0.39 is 6.10 Å². The Balaban J connectivity index is 2.67. The molecule has 1 N–H and O–H groups in total. The van der Waals surface area contributed by atoms with Crippen LogP contribution in [0.25, 0.3) is 0 Å². The summed E-state index contributed by atoms with van der Waals surface area (Å²) in [6.07, 6.45) is 3.26. The molecule has 0 aliphatic rings. The van der Waals surface area contributed by atoms with E-state index in [0.717, 1.165) is 5.56 Å². The van der Waals surface area contributed by atoms with Crippen molar-refractivity contribution >= 4 is 0 Å². The van der Waals surface area contributed by atoms with Crippen LogP contribution in [0, 0.1) is 17.8 Å². The Morgan fingerprint density at radius 1 is 1.27 bits per heavy atom. The quantitative estimate of drug-likeness (QED) is 0.744. The van der Waals surface area contributed by atoms with E-state index in [0.29, 0.717) is 0 Å². The highest BCUT2D eigenvalue weighted by Gasteiger charge is 2.12. The van der Waals surface area contributed by atoms with Crippen LogP contribution in [0.1, 0.15) is 25.5 Å². The van der Waals surface area contributed by atoms with Crippen LogP contribution >= 0.6 is 0 Å². The summed E-state index contributed by atoms with van der Waals surface area (Å²) in [5, 5.41) is 9.99. The lowest BCUT2D eigenvalue weighted by Gasteiger charge is -2.15. The van der Waals surface area contributed by atoms with Gasteiger partial charge in [-0.2, -0.15) is 0 Å². The lowest BCUT2D eigenvalue weighted by molar-refractivity contribution is 0.139. The number of benzene rings is 1. The third-order valence-corrected chi connectivity index (χ3v) is 2.27. The van der Waals surface area contributed by atoms with Gasteiger partial charge in [-0.05, 0) is 18.6 Å². The number of aliphatic hydroxyl groups excluding tert-OH is 1. The standard InChI is InChI=1S/C14H16O/c1-3-4-6-9-12(2)14(15)13-10-7-5-8-11-13/h5-12,14-15H,1-2H3/b9-6+/t12-,14+/m1/s1. The second-order valence-corrected chi connectivity index (χ2v) is 3.47. The fourth-order valence-corrected chi connectivity index (χ4v) is 1.34. The fourth-order valence-electron chi connectivity index (χ4n) is 1.34. The Labute approximate surface area is 91.5 Å².